The Morgan fingerprint density at radius 2 is 1.95 bits per heavy atom. The smallest absolute Gasteiger partial charge is 0.321 e. The van der Waals surface area contributed by atoms with Gasteiger partial charge in [0, 0.05) is 11.8 Å². The minimum absolute atomic E-state index is 0.0252. The molecule has 0 spiro atoms. The van der Waals surface area contributed by atoms with E-state index in [9.17, 15) is 14.0 Å². The number of carbonyl (C=O) groups excluding carboxylic acids is 2. The van der Waals surface area contributed by atoms with Gasteiger partial charge in [-0.2, -0.15) is 0 Å². The summed E-state index contributed by atoms with van der Waals surface area (Å²) in [6.45, 7) is 0. The van der Waals surface area contributed by atoms with Crippen LogP contribution in [-0.4, -0.2) is 23.8 Å². The van der Waals surface area contributed by atoms with E-state index in [4.69, 9.17) is 23.2 Å². The third kappa shape index (κ3) is 3.26. The van der Waals surface area contributed by atoms with Crippen LogP contribution < -0.4 is 0 Å². The van der Waals surface area contributed by atoms with E-state index in [1.807, 2.05) is 0 Å². The molecule has 7 heteroatoms. The van der Waals surface area contributed by atoms with Gasteiger partial charge in [-0.25, -0.2) is 9.37 Å². The Hall–Kier alpha value is -1.98. The summed E-state index contributed by atoms with van der Waals surface area (Å²) in [4.78, 5) is 28.4. The van der Waals surface area contributed by atoms with E-state index >= 15 is 0 Å². The molecule has 1 atom stereocenters. The average Bonchev–Trinajstić information content (AvgIpc) is 2.49. The second-order valence-corrected chi connectivity index (χ2v) is 5.17. The highest BCUT2D eigenvalue weighted by Gasteiger charge is 2.34. The molecule has 1 aromatic carbocycles. The fourth-order valence-corrected chi connectivity index (χ4v) is 2.41. The molecule has 0 saturated carbocycles. The van der Waals surface area contributed by atoms with Gasteiger partial charge in [0.2, 0.25) is 5.78 Å². The first kappa shape index (κ1) is 16.4. The number of pyridine rings is 1. The van der Waals surface area contributed by atoms with Crippen LogP contribution in [0.25, 0.3) is 0 Å². The third-order valence-electron chi connectivity index (χ3n) is 2.96. The summed E-state index contributed by atoms with van der Waals surface area (Å²) in [5.41, 5.74) is -0.281. The Kier molecular flexibility index (Phi) is 5.11. The summed E-state index contributed by atoms with van der Waals surface area (Å²) in [5.74, 6) is -3.85. The maximum Gasteiger partial charge on any atom is 0.321 e. The van der Waals surface area contributed by atoms with Crippen LogP contribution in [0.1, 0.15) is 22.0 Å². The number of ketones is 1. The summed E-state index contributed by atoms with van der Waals surface area (Å²) in [6.07, 6.45) is 1.22. The fourth-order valence-electron chi connectivity index (χ4n) is 1.93. The highest BCUT2D eigenvalue weighted by molar-refractivity contribution is 6.37. The maximum atomic E-state index is 13.9. The molecule has 0 aliphatic rings. The number of esters is 1. The van der Waals surface area contributed by atoms with Gasteiger partial charge in [0.25, 0.3) is 0 Å². The summed E-state index contributed by atoms with van der Waals surface area (Å²) in [6, 6.07) is 6.76. The summed E-state index contributed by atoms with van der Waals surface area (Å²) < 4.78 is 18.5. The Bertz CT molecular complexity index is 736. The molecule has 22 heavy (non-hydrogen) atoms. The van der Waals surface area contributed by atoms with Gasteiger partial charge in [-0.1, -0.05) is 41.4 Å². The number of aromatic nitrogens is 1. The van der Waals surface area contributed by atoms with Gasteiger partial charge in [0.15, 0.2) is 0 Å². The lowest BCUT2D eigenvalue weighted by Gasteiger charge is -2.15. The molecular weight excluding hydrogens is 332 g/mol. The second kappa shape index (κ2) is 6.85. The molecular formula is C15H10Cl2FNO3. The van der Waals surface area contributed by atoms with Crippen molar-refractivity contribution in [1.82, 2.24) is 4.98 Å². The number of carbonyl (C=O) groups is 2. The largest absolute Gasteiger partial charge is 0.468 e. The van der Waals surface area contributed by atoms with Gasteiger partial charge < -0.3 is 4.74 Å². The van der Waals surface area contributed by atoms with E-state index in [-0.39, 0.29) is 21.3 Å². The van der Waals surface area contributed by atoms with Crippen molar-refractivity contribution < 1.29 is 18.7 Å². The van der Waals surface area contributed by atoms with Crippen LogP contribution in [0, 0.1) is 5.82 Å². The molecule has 0 radical (unpaired) electrons. The second-order valence-electron chi connectivity index (χ2n) is 4.33. The van der Waals surface area contributed by atoms with Crippen molar-refractivity contribution in [3.05, 3.63) is 63.6 Å². The number of nitrogens with zero attached hydrogens (tertiary/aromatic N) is 1. The first-order valence-electron chi connectivity index (χ1n) is 6.13. The number of hydrogen-bond acceptors (Lipinski definition) is 4. The number of rotatable bonds is 4. The quantitative estimate of drug-likeness (QED) is 0.483. The zero-order chi connectivity index (χ0) is 16.3. The standard InChI is InChI=1S/C15H10Cl2FNO3/c1-22-15(21)12(9-4-2-3-5-11(9)18)14(20)13-10(17)6-8(16)7-19-13/h2-7,12H,1H3. The molecule has 2 rings (SSSR count). The van der Waals surface area contributed by atoms with Crippen LogP contribution in [0.5, 0.6) is 0 Å². The van der Waals surface area contributed by atoms with Gasteiger partial charge in [-0.05, 0) is 12.1 Å². The van der Waals surface area contributed by atoms with Crippen molar-refractivity contribution in [2.45, 2.75) is 5.92 Å². The molecule has 0 aliphatic carbocycles. The lowest BCUT2D eigenvalue weighted by atomic mass is 9.92. The van der Waals surface area contributed by atoms with Gasteiger partial charge in [-0.15, -0.1) is 0 Å². The normalized spacial score (nSPS) is 11.8. The topological polar surface area (TPSA) is 56.3 Å². The highest BCUT2D eigenvalue weighted by Crippen LogP contribution is 2.28. The van der Waals surface area contributed by atoms with Crippen LogP contribution in [-0.2, 0) is 9.53 Å². The summed E-state index contributed by atoms with van der Waals surface area (Å²) >= 11 is 11.7. The molecule has 1 heterocycles. The van der Waals surface area contributed by atoms with E-state index in [0.29, 0.717) is 0 Å². The van der Waals surface area contributed by atoms with Crippen LogP contribution in [0.3, 0.4) is 0 Å². The Labute approximate surface area is 135 Å². The molecule has 114 valence electrons. The Balaban J connectivity index is 2.53. The van der Waals surface area contributed by atoms with Crippen molar-refractivity contribution in [2.75, 3.05) is 7.11 Å². The van der Waals surface area contributed by atoms with Crippen molar-refractivity contribution in [1.29, 1.82) is 0 Å². The number of hydrogen-bond donors (Lipinski definition) is 0. The molecule has 0 amide bonds. The van der Waals surface area contributed by atoms with Crippen LogP contribution in [0.4, 0.5) is 4.39 Å². The van der Waals surface area contributed by atoms with E-state index in [1.54, 1.807) is 0 Å². The molecule has 4 nitrogen and oxygen atoms in total. The van der Waals surface area contributed by atoms with Crippen molar-refractivity contribution >= 4 is 35.0 Å². The first-order chi connectivity index (χ1) is 10.5. The highest BCUT2D eigenvalue weighted by atomic mass is 35.5. The maximum absolute atomic E-state index is 13.9. The molecule has 0 saturated heterocycles. The van der Waals surface area contributed by atoms with Crippen LogP contribution in [0.15, 0.2) is 36.5 Å². The van der Waals surface area contributed by atoms with E-state index in [1.165, 1.54) is 30.5 Å². The van der Waals surface area contributed by atoms with Gasteiger partial charge >= 0.3 is 5.97 Å². The molecule has 1 unspecified atom stereocenters. The van der Waals surface area contributed by atoms with Crippen LogP contribution >= 0.6 is 23.2 Å². The number of Topliss-reactive ketones (excluding diaryl/α,β-unsaturated/α-hetero) is 1. The van der Waals surface area contributed by atoms with Crippen molar-refractivity contribution in [3.63, 3.8) is 0 Å². The van der Waals surface area contributed by atoms with E-state index < -0.39 is 23.5 Å². The Morgan fingerprint density at radius 1 is 1.27 bits per heavy atom. The third-order valence-corrected chi connectivity index (χ3v) is 3.45. The van der Waals surface area contributed by atoms with Gasteiger partial charge in [0.05, 0.1) is 17.2 Å². The number of methoxy groups -OCH3 is 1. The molecule has 0 N–H and O–H groups in total. The van der Waals surface area contributed by atoms with E-state index in [0.717, 1.165) is 13.2 Å². The number of benzene rings is 1. The minimum atomic E-state index is -1.49. The lowest BCUT2D eigenvalue weighted by molar-refractivity contribution is -0.141. The van der Waals surface area contributed by atoms with Gasteiger partial charge in [0.1, 0.15) is 17.4 Å². The minimum Gasteiger partial charge on any atom is -0.468 e. The fraction of sp³-hybridized carbons (Fsp3) is 0.133. The summed E-state index contributed by atoms with van der Waals surface area (Å²) in [5, 5.41) is 0.213. The van der Waals surface area contributed by atoms with Gasteiger partial charge in [-0.3, -0.25) is 9.59 Å². The number of ether oxygens (including phenoxy) is 1. The first-order valence-corrected chi connectivity index (χ1v) is 6.88. The molecule has 2 aromatic rings. The SMILES string of the molecule is COC(=O)C(C(=O)c1ncc(Cl)cc1Cl)c1ccccc1F. The molecule has 1 aromatic heterocycles. The summed E-state index contributed by atoms with van der Waals surface area (Å²) in [7, 11) is 1.11. The predicted octanol–water partition coefficient (Wildman–Crippen LogP) is 3.67. The van der Waals surface area contributed by atoms with E-state index in [2.05, 4.69) is 9.72 Å². The van der Waals surface area contributed by atoms with Crippen molar-refractivity contribution in [2.24, 2.45) is 0 Å². The zero-order valence-corrected chi connectivity index (χ0v) is 12.9. The predicted molar refractivity (Wildman–Crippen MR) is 79.7 cm³/mol. The van der Waals surface area contributed by atoms with Crippen LogP contribution in [0.2, 0.25) is 10.0 Å². The molecule has 0 bridgehead atoms. The monoisotopic (exact) mass is 341 g/mol. The molecule has 0 aliphatic heterocycles. The molecule has 0 fully saturated rings. The Morgan fingerprint density at radius 3 is 2.55 bits per heavy atom. The van der Waals surface area contributed by atoms with Crippen molar-refractivity contribution in [3.8, 4) is 0 Å². The lowest BCUT2D eigenvalue weighted by Crippen LogP contribution is -2.25. The zero-order valence-electron chi connectivity index (χ0n) is 11.3. The average molecular weight is 342 g/mol. The number of halogens is 3.